The molecule has 2 heterocycles. The Balaban J connectivity index is 1.69. The molecule has 0 aliphatic heterocycles. The summed E-state index contributed by atoms with van der Waals surface area (Å²) in [7, 11) is 0. The summed E-state index contributed by atoms with van der Waals surface area (Å²) in [4.78, 5) is 54.9. The third-order valence-electron chi connectivity index (χ3n) is 4.38. The van der Waals surface area contributed by atoms with Crippen LogP contribution in [0.5, 0.6) is 0 Å². The molecule has 2 aromatic rings. The van der Waals surface area contributed by atoms with Gasteiger partial charge in [0.05, 0.1) is 25.9 Å². The second-order valence-corrected chi connectivity index (χ2v) is 6.89. The molecule has 162 valence electrons. The molecule has 0 aliphatic carbocycles. The first kappa shape index (κ1) is 23.0. The summed E-state index contributed by atoms with van der Waals surface area (Å²) in [6.45, 7) is 7.39. The number of aromatic nitrogens is 4. The van der Waals surface area contributed by atoms with Crippen LogP contribution in [0.25, 0.3) is 0 Å². The van der Waals surface area contributed by atoms with Crippen molar-refractivity contribution in [1.82, 2.24) is 19.1 Å². The molecule has 0 radical (unpaired) electrons. The SMILES string of the molecule is Cc1cc(C)n(CCOC(=O)CCC(=O)OCCn2c(C)cc(C)nc2=O)c(=O)n1. The lowest BCUT2D eigenvalue weighted by Crippen LogP contribution is -2.28. The Bertz CT molecular complexity index is 957. The maximum atomic E-state index is 11.8. The Morgan fingerprint density at radius 3 is 1.47 bits per heavy atom. The molecule has 10 nitrogen and oxygen atoms in total. The van der Waals surface area contributed by atoms with Crippen molar-refractivity contribution in [2.75, 3.05) is 13.2 Å². The van der Waals surface area contributed by atoms with Crippen LogP contribution < -0.4 is 11.4 Å². The topological polar surface area (TPSA) is 122 Å². The average molecular weight is 418 g/mol. The number of carbonyl (C=O) groups excluding carboxylic acids is 2. The van der Waals surface area contributed by atoms with Crippen LogP contribution >= 0.6 is 0 Å². The molecule has 2 aromatic heterocycles. The van der Waals surface area contributed by atoms with Crippen molar-refractivity contribution in [1.29, 1.82) is 0 Å². The van der Waals surface area contributed by atoms with E-state index in [-0.39, 0.29) is 39.1 Å². The summed E-state index contributed by atoms with van der Waals surface area (Å²) < 4.78 is 13.0. The zero-order chi connectivity index (χ0) is 22.3. The number of hydrogen-bond acceptors (Lipinski definition) is 8. The Labute approximate surface area is 173 Å². The van der Waals surface area contributed by atoms with Crippen LogP contribution in [0, 0.1) is 27.7 Å². The number of aryl methyl sites for hydroxylation is 4. The number of hydrogen-bond donors (Lipinski definition) is 0. The highest BCUT2D eigenvalue weighted by molar-refractivity contribution is 5.77. The van der Waals surface area contributed by atoms with E-state index in [1.54, 1.807) is 39.8 Å². The molecule has 2 rings (SSSR count). The van der Waals surface area contributed by atoms with Crippen molar-refractivity contribution in [2.24, 2.45) is 0 Å². The molecule has 0 fully saturated rings. The lowest BCUT2D eigenvalue weighted by atomic mass is 10.3. The molecule has 0 saturated heterocycles. The first-order valence-corrected chi connectivity index (χ1v) is 9.59. The van der Waals surface area contributed by atoms with Gasteiger partial charge >= 0.3 is 23.3 Å². The summed E-state index contributed by atoms with van der Waals surface area (Å²) in [5.41, 5.74) is 1.91. The summed E-state index contributed by atoms with van der Waals surface area (Å²) in [6.07, 6.45) is -0.270. The van der Waals surface area contributed by atoms with Crippen molar-refractivity contribution in [2.45, 2.75) is 53.6 Å². The molecule has 0 spiro atoms. The van der Waals surface area contributed by atoms with Gasteiger partial charge in [-0.05, 0) is 39.8 Å². The molecule has 0 unspecified atom stereocenters. The van der Waals surface area contributed by atoms with Crippen LogP contribution in [0.2, 0.25) is 0 Å². The highest BCUT2D eigenvalue weighted by atomic mass is 16.5. The number of rotatable bonds is 9. The van der Waals surface area contributed by atoms with Gasteiger partial charge in [0.15, 0.2) is 0 Å². The van der Waals surface area contributed by atoms with Gasteiger partial charge in [-0.25, -0.2) is 9.59 Å². The van der Waals surface area contributed by atoms with Gasteiger partial charge in [-0.15, -0.1) is 0 Å². The first-order valence-electron chi connectivity index (χ1n) is 9.59. The van der Waals surface area contributed by atoms with Crippen LogP contribution in [0.15, 0.2) is 21.7 Å². The van der Waals surface area contributed by atoms with Gasteiger partial charge in [0.25, 0.3) is 0 Å². The Hall–Kier alpha value is -3.30. The molecule has 0 aliphatic rings. The molecule has 0 aromatic carbocycles. The summed E-state index contributed by atoms with van der Waals surface area (Å²) in [5, 5.41) is 0. The largest absolute Gasteiger partial charge is 0.464 e. The normalized spacial score (nSPS) is 10.7. The van der Waals surface area contributed by atoms with Gasteiger partial charge < -0.3 is 9.47 Å². The van der Waals surface area contributed by atoms with Crippen molar-refractivity contribution < 1.29 is 19.1 Å². The second kappa shape index (κ2) is 10.5. The number of esters is 2. The summed E-state index contributed by atoms with van der Waals surface area (Å²) in [6, 6.07) is 3.53. The maximum absolute atomic E-state index is 11.8. The fraction of sp³-hybridized carbons (Fsp3) is 0.500. The van der Waals surface area contributed by atoms with E-state index in [4.69, 9.17) is 9.47 Å². The highest BCUT2D eigenvalue weighted by Crippen LogP contribution is 2.01. The van der Waals surface area contributed by atoms with Gasteiger partial charge in [0.2, 0.25) is 0 Å². The van der Waals surface area contributed by atoms with E-state index in [1.807, 2.05) is 0 Å². The average Bonchev–Trinajstić information content (AvgIpc) is 2.64. The van der Waals surface area contributed by atoms with Crippen molar-refractivity contribution in [3.63, 3.8) is 0 Å². The molecule has 10 heteroatoms. The molecular formula is C20H26N4O6. The predicted octanol–water partition coefficient (Wildman–Crippen LogP) is 0.600. The molecule has 0 N–H and O–H groups in total. The minimum Gasteiger partial charge on any atom is -0.464 e. The lowest BCUT2D eigenvalue weighted by molar-refractivity contribution is -0.150. The Morgan fingerprint density at radius 1 is 0.767 bits per heavy atom. The van der Waals surface area contributed by atoms with Gasteiger partial charge in [-0.2, -0.15) is 9.97 Å². The molecule has 0 saturated carbocycles. The molecule has 0 bridgehead atoms. The van der Waals surface area contributed by atoms with Gasteiger partial charge in [-0.1, -0.05) is 0 Å². The third kappa shape index (κ3) is 6.64. The highest BCUT2D eigenvalue weighted by Gasteiger charge is 2.11. The smallest absolute Gasteiger partial charge is 0.348 e. The van der Waals surface area contributed by atoms with Crippen molar-refractivity contribution in [3.8, 4) is 0 Å². The standard InChI is InChI=1S/C20H26N4O6/c1-13-11-15(3)23(19(27)21-13)7-9-29-17(25)5-6-18(26)30-10-8-24-16(4)12-14(2)22-20(24)28/h11-12H,5-10H2,1-4H3. The monoisotopic (exact) mass is 418 g/mol. The van der Waals surface area contributed by atoms with E-state index in [0.717, 1.165) is 11.4 Å². The first-order chi connectivity index (χ1) is 14.2. The van der Waals surface area contributed by atoms with Crippen LogP contribution in [0.1, 0.15) is 35.6 Å². The van der Waals surface area contributed by atoms with Gasteiger partial charge in [-0.3, -0.25) is 18.7 Å². The van der Waals surface area contributed by atoms with Crippen LogP contribution in [0.3, 0.4) is 0 Å². The van der Waals surface area contributed by atoms with E-state index in [1.165, 1.54) is 9.13 Å². The molecule has 0 atom stereocenters. The second-order valence-electron chi connectivity index (χ2n) is 6.89. The molecule has 30 heavy (non-hydrogen) atoms. The predicted molar refractivity (Wildman–Crippen MR) is 107 cm³/mol. The van der Waals surface area contributed by atoms with Crippen LogP contribution in [-0.2, 0) is 32.2 Å². The van der Waals surface area contributed by atoms with Crippen molar-refractivity contribution in [3.05, 3.63) is 55.9 Å². The number of nitrogens with zero attached hydrogens (tertiary/aromatic N) is 4. The van der Waals surface area contributed by atoms with E-state index < -0.39 is 23.3 Å². The summed E-state index contributed by atoms with van der Waals surface area (Å²) >= 11 is 0. The Morgan fingerprint density at radius 2 is 1.13 bits per heavy atom. The van der Waals surface area contributed by atoms with Crippen molar-refractivity contribution >= 4 is 11.9 Å². The van der Waals surface area contributed by atoms with Crippen LogP contribution in [-0.4, -0.2) is 44.3 Å². The fourth-order valence-corrected chi connectivity index (χ4v) is 2.94. The van der Waals surface area contributed by atoms with E-state index in [0.29, 0.717) is 11.4 Å². The summed E-state index contributed by atoms with van der Waals surface area (Å²) in [5.74, 6) is -1.12. The molecular weight excluding hydrogens is 392 g/mol. The maximum Gasteiger partial charge on any atom is 0.348 e. The quantitative estimate of drug-likeness (QED) is 0.543. The zero-order valence-corrected chi connectivity index (χ0v) is 17.6. The number of carbonyl (C=O) groups is 2. The minimum atomic E-state index is -0.562. The molecule has 0 amide bonds. The Kier molecular flexibility index (Phi) is 8.02. The van der Waals surface area contributed by atoms with Gasteiger partial charge in [0.1, 0.15) is 13.2 Å². The van der Waals surface area contributed by atoms with E-state index in [2.05, 4.69) is 9.97 Å². The van der Waals surface area contributed by atoms with Crippen LogP contribution in [0.4, 0.5) is 0 Å². The van der Waals surface area contributed by atoms with E-state index in [9.17, 15) is 19.2 Å². The minimum absolute atomic E-state index is 0.00197. The third-order valence-corrected chi connectivity index (χ3v) is 4.38. The van der Waals surface area contributed by atoms with Gasteiger partial charge in [0, 0.05) is 22.8 Å². The number of ether oxygens (including phenoxy) is 2. The fourth-order valence-electron chi connectivity index (χ4n) is 2.94. The van der Waals surface area contributed by atoms with E-state index >= 15 is 0 Å². The zero-order valence-electron chi connectivity index (χ0n) is 17.6. The lowest BCUT2D eigenvalue weighted by Gasteiger charge is -2.11.